The van der Waals surface area contributed by atoms with Gasteiger partial charge in [-0.3, -0.25) is 13.7 Å². The molecule has 244 valence electrons. The van der Waals surface area contributed by atoms with Gasteiger partial charge in [0.15, 0.2) is 5.75 Å². The Bertz CT molecular complexity index is 2730. The third kappa shape index (κ3) is 6.06. The fraction of sp³-hybridized carbons (Fsp3) is 0. The van der Waals surface area contributed by atoms with Crippen molar-refractivity contribution >= 4 is 91.1 Å². The first-order chi connectivity index (χ1) is 22.5. The number of anilines is 1. The van der Waals surface area contributed by atoms with Crippen LogP contribution in [0.4, 0.5) is 28.4 Å². The van der Waals surface area contributed by atoms with Crippen LogP contribution in [0.2, 0.25) is 0 Å². The molecule has 0 unspecified atom stereocenters. The molecular weight excluding hydrogens is 687 g/mol. The van der Waals surface area contributed by atoms with E-state index in [0.29, 0.717) is 5.39 Å². The number of benzene rings is 6. The molecule has 0 bridgehead atoms. The Balaban J connectivity index is 1.58. The van der Waals surface area contributed by atoms with Crippen molar-refractivity contribution in [3.63, 3.8) is 0 Å². The van der Waals surface area contributed by atoms with Gasteiger partial charge in [-0.2, -0.15) is 25.3 Å². The quantitative estimate of drug-likeness (QED) is 0.0640. The predicted molar refractivity (Wildman–Crippen MR) is 176 cm³/mol. The van der Waals surface area contributed by atoms with E-state index in [1.165, 1.54) is 12.1 Å². The van der Waals surface area contributed by atoms with Gasteiger partial charge in [-0.15, -0.1) is 20.5 Å². The molecule has 6 aromatic carbocycles. The summed E-state index contributed by atoms with van der Waals surface area (Å²) in [5, 5.41) is 28.8. The normalized spacial score (nSPS) is 13.0. The third-order valence-electron chi connectivity index (χ3n) is 7.27. The van der Waals surface area contributed by atoms with Crippen molar-refractivity contribution in [2.45, 2.75) is 14.7 Å². The Morgan fingerprint density at radius 2 is 1.08 bits per heavy atom. The average molecular weight is 708 g/mol. The Labute approximate surface area is 272 Å². The number of phenols is 1. The van der Waals surface area contributed by atoms with Crippen LogP contribution in [0, 0.1) is 0 Å². The van der Waals surface area contributed by atoms with Crippen molar-refractivity contribution in [3.05, 3.63) is 91.0 Å². The summed E-state index contributed by atoms with van der Waals surface area (Å²) in [7, 11) is -14.8. The molecule has 0 radical (unpaired) electrons. The van der Waals surface area contributed by atoms with Crippen LogP contribution in [-0.4, -0.2) is 44.0 Å². The van der Waals surface area contributed by atoms with Crippen molar-refractivity contribution < 1.29 is 44.0 Å². The smallest absolute Gasteiger partial charge is 0.298 e. The lowest BCUT2D eigenvalue weighted by Gasteiger charge is -2.11. The Morgan fingerprint density at radius 1 is 0.500 bits per heavy atom. The minimum Gasteiger partial charge on any atom is -0.504 e. The molecule has 6 N–H and O–H groups in total. The van der Waals surface area contributed by atoms with Gasteiger partial charge in [0.25, 0.3) is 30.4 Å². The number of hydrogen-bond donors (Lipinski definition) is 5. The molecule has 0 aliphatic rings. The molecule has 0 aliphatic carbocycles. The highest BCUT2D eigenvalue weighted by Crippen LogP contribution is 2.45. The minimum atomic E-state index is -5.10. The second kappa shape index (κ2) is 11.7. The zero-order valence-corrected chi connectivity index (χ0v) is 26.4. The molecule has 48 heavy (non-hydrogen) atoms. The summed E-state index contributed by atoms with van der Waals surface area (Å²) in [5.74, 6) is -1.06. The van der Waals surface area contributed by atoms with E-state index in [2.05, 4.69) is 20.5 Å². The van der Waals surface area contributed by atoms with Crippen LogP contribution in [0.15, 0.2) is 126 Å². The van der Waals surface area contributed by atoms with E-state index < -0.39 is 56.5 Å². The summed E-state index contributed by atoms with van der Waals surface area (Å²) in [6.07, 6.45) is 0. The van der Waals surface area contributed by atoms with E-state index >= 15 is 0 Å². The summed E-state index contributed by atoms with van der Waals surface area (Å²) in [4.78, 5) is -2.40. The van der Waals surface area contributed by atoms with E-state index in [1.807, 2.05) is 12.1 Å². The third-order valence-corrected chi connectivity index (χ3v) is 9.86. The van der Waals surface area contributed by atoms with Gasteiger partial charge in [-0.1, -0.05) is 60.7 Å². The average Bonchev–Trinajstić information content (AvgIpc) is 3.02. The Morgan fingerprint density at radius 3 is 1.75 bits per heavy atom. The number of phenolic OH excluding ortho intramolecular Hbond substituents is 1. The first kappa shape index (κ1) is 32.6. The SMILES string of the molecule is Nc1ccc2ccccc2c1N=Nc1c(S(=O)(=O)O)cc(N=Nc2c(O)c(S(=O)(=O)O)cc3cc(S(=O)(=O)O)ccc23)c2ccccc12. The number of nitrogens with zero attached hydrogens (tertiary/aromatic N) is 4. The van der Waals surface area contributed by atoms with Crippen LogP contribution < -0.4 is 5.73 Å². The topological polar surface area (TPSA) is 259 Å². The lowest BCUT2D eigenvalue weighted by molar-refractivity contribution is 0.445. The minimum absolute atomic E-state index is 0.0616. The van der Waals surface area contributed by atoms with Gasteiger partial charge in [0.05, 0.1) is 16.3 Å². The Hall–Kier alpha value is -5.37. The van der Waals surface area contributed by atoms with Crippen molar-refractivity contribution in [2.24, 2.45) is 20.5 Å². The van der Waals surface area contributed by atoms with Crippen LogP contribution in [0.5, 0.6) is 5.75 Å². The van der Waals surface area contributed by atoms with Gasteiger partial charge >= 0.3 is 0 Å². The largest absolute Gasteiger partial charge is 0.504 e. The second-order valence-electron chi connectivity index (χ2n) is 10.3. The van der Waals surface area contributed by atoms with Crippen LogP contribution >= 0.6 is 0 Å². The zero-order chi connectivity index (χ0) is 34.6. The maximum atomic E-state index is 12.7. The highest BCUT2D eigenvalue weighted by molar-refractivity contribution is 7.86. The molecule has 0 saturated heterocycles. The van der Waals surface area contributed by atoms with Gasteiger partial charge in [-0.25, -0.2) is 0 Å². The second-order valence-corrected chi connectivity index (χ2v) is 14.5. The molecular formula is C30H21N5O10S3. The molecule has 0 aromatic heterocycles. The van der Waals surface area contributed by atoms with Crippen molar-refractivity contribution in [3.8, 4) is 5.75 Å². The number of hydrogen-bond acceptors (Lipinski definition) is 12. The van der Waals surface area contributed by atoms with Gasteiger partial charge in [0, 0.05) is 21.5 Å². The summed E-state index contributed by atoms with van der Waals surface area (Å²) >= 11 is 0. The van der Waals surface area contributed by atoms with E-state index in [1.54, 1.807) is 36.4 Å². The molecule has 0 aliphatic heterocycles. The molecule has 0 fully saturated rings. The number of fused-ring (bicyclic) bond motifs is 3. The standard InChI is InChI=1S/C30H21N5O10S3/c31-23-12-9-16-5-1-2-6-19(16)27(23)33-34-28-22-8-4-3-7-21(22)24(15-25(28)47(40,41)42)32-35-29-20-11-10-18(46(37,38)39)13-17(20)14-26(30(29)36)48(43,44)45/h1-15,36H,31H2,(H,37,38,39)(H,40,41,42)(H,43,44,45). The highest BCUT2D eigenvalue weighted by atomic mass is 32.2. The van der Waals surface area contributed by atoms with Crippen molar-refractivity contribution in [1.29, 1.82) is 0 Å². The molecule has 18 heteroatoms. The molecule has 6 rings (SSSR count). The van der Waals surface area contributed by atoms with Crippen LogP contribution in [0.3, 0.4) is 0 Å². The van der Waals surface area contributed by atoms with Crippen LogP contribution in [0.25, 0.3) is 32.3 Å². The number of nitrogen functional groups attached to an aromatic ring is 1. The first-order valence-electron chi connectivity index (χ1n) is 13.4. The predicted octanol–water partition coefficient (Wildman–Crippen LogP) is 7.00. The fourth-order valence-corrected chi connectivity index (χ4v) is 6.86. The summed E-state index contributed by atoms with van der Waals surface area (Å²) in [6, 6.07) is 21.3. The molecule has 15 nitrogen and oxygen atoms in total. The van der Waals surface area contributed by atoms with Gasteiger partial charge in [-0.05, 0) is 41.1 Å². The maximum absolute atomic E-state index is 12.7. The monoisotopic (exact) mass is 707 g/mol. The summed E-state index contributed by atoms with van der Waals surface area (Å²) in [5.41, 5.74) is 5.64. The van der Waals surface area contributed by atoms with Crippen LogP contribution in [-0.2, 0) is 30.4 Å². The summed E-state index contributed by atoms with van der Waals surface area (Å²) < 4.78 is 102. The number of nitrogens with two attached hydrogens (primary N) is 1. The molecule has 0 spiro atoms. The van der Waals surface area contributed by atoms with E-state index in [-0.39, 0.29) is 44.3 Å². The van der Waals surface area contributed by atoms with E-state index in [0.717, 1.165) is 35.7 Å². The van der Waals surface area contributed by atoms with Crippen molar-refractivity contribution in [1.82, 2.24) is 0 Å². The van der Waals surface area contributed by atoms with E-state index in [9.17, 15) is 44.0 Å². The number of azo groups is 2. The number of aromatic hydroxyl groups is 1. The van der Waals surface area contributed by atoms with Gasteiger partial charge in [0.1, 0.15) is 26.9 Å². The number of rotatable bonds is 7. The molecule has 6 aromatic rings. The highest BCUT2D eigenvalue weighted by Gasteiger charge is 2.24. The lowest BCUT2D eigenvalue weighted by Crippen LogP contribution is -2.00. The Kier molecular flexibility index (Phi) is 7.94. The fourth-order valence-electron chi connectivity index (χ4n) is 5.07. The molecule has 0 heterocycles. The molecule has 0 saturated carbocycles. The van der Waals surface area contributed by atoms with Crippen molar-refractivity contribution in [2.75, 3.05) is 5.73 Å². The van der Waals surface area contributed by atoms with Crippen LogP contribution in [0.1, 0.15) is 0 Å². The zero-order valence-electron chi connectivity index (χ0n) is 24.0. The maximum Gasteiger partial charge on any atom is 0.298 e. The molecule has 0 atom stereocenters. The lowest BCUT2D eigenvalue weighted by atomic mass is 10.1. The summed E-state index contributed by atoms with van der Waals surface area (Å²) in [6.45, 7) is 0. The van der Waals surface area contributed by atoms with E-state index in [4.69, 9.17) is 5.73 Å². The van der Waals surface area contributed by atoms with Gasteiger partial charge in [0.2, 0.25) is 0 Å². The first-order valence-corrected chi connectivity index (χ1v) is 17.7. The van der Waals surface area contributed by atoms with Gasteiger partial charge < -0.3 is 10.8 Å². The molecule has 0 amide bonds.